The second-order valence-corrected chi connectivity index (χ2v) is 5.30. The van der Waals surface area contributed by atoms with E-state index in [0.29, 0.717) is 10.8 Å². The van der Waals surface area contributed by atoms with E-state index >= 15 is 0 Å². The molecule has 1 aromatic carbocycles. The Bertz CT molecular complexity index is 670. The van der Waals surface area contributed by atoms with Crippen LogP contribution in [0, 0.1) is 0 Å². The third kappa shape index (κ3) is 4.53. The predicted octanol–water partition coefficient (Wildman–Crippen LogP) is 2.20. The second kappa shape index (κ2) is 7.36. The summed E-state index contributed by atoms with van der Waals surface area (Å²) < 4.78 is 29.9. The normalized spacial score (nSPS) is 10.8. The van der Waals surface area contributed by atoms with E-state index in [1.807, 2.05) is 0 Å². The molecular weight excluding hydrogens is 340 g/mol. The van der Waals surface area contributed by atoms with Gasteiger partial charge in [-0.1, -0.05) is 23.4 Å². The maximum Gasteiger partial charge on any atom is 0.387 e. The summed E-state index contributed by atoms with van der Waals surface area (Å²) in [6.45, 7) is -2.96. The van der Waals surface area contributed by atoms with Gasteiger partial charge in [-0.2, -0.15) is 8.78 Å². The highest BCUT2D eigenvalue weighted by molar-refractivity contribution is 7.99. The first-order valence-corrected chi connectivity index (χ1v) is 7.21. The van der Waals surface area contributed by atoms with Crippen LogP contribution in [0.4, 0.5) is 14.5 Å². The van der Waals surface area contributed by atoms with Crippen LogP contribution >= 0.6 is 23.4 Å². The van der Waals surface area contributed by atoms with Crippen LogP contribution in [0.2, 0.25) is 5.02 Å². The van der Waals surface area contributed by atoms with Gasteiger partial charge in [-0.25, -0.2) is 4.68 Å². The zero-order valence-electron chi connectivity index (χ0n) is 11.2. The zero-order chi connectivity index (χ0) is 16.1. The Balaban J connectivity index is 1.91. The number of benzene rings is 1. The number of alkyl halides is 2. The van der Waals surface area contributed by atoms with E-state index in [4.69, 9.17) is 11.6 Å². The number of hydrogen-bond acceptors (Lipinski definition) is 6. The SMILES string of the molecule is Cn1nnnc1SCC(=O)Nc1ccc(OC(F)F)c(Cl)c1. The Kier molecular flexibility index (Phi) is 5.50. The van der Waals surface area contributed by atoms with Gasteiger partial charge in [0.25, 0.3) is 0 Å². The summed E-state index contributed by atoms with van der Waals surface area (Å²) in [5.74, 6) is -0.387. The minimum atomic E-state index is -2.96. The fourth-order valence-corrected chi connectivity index (χ4v) is 2.32. The first kappa shape index (κ1) is 16.4. The molecule has 2 aromatic rings. The van der Waals surface area contributed by atoms with Crippen molar-refractivity contribution in [2.75, 3.05) is 11.1 Å². The number of ether oxygens (including phenoxy) is 1. The number of nitrogens with one attached hydrogen (secondary N) is 1. The lowest BCUT2D eigenvalue weighted by Gasteiger charge is -2.09. The van der Waals surface area contributed by atoms with Crippen LogP contribution in [0.3, 0.4) is 0 Å². The van der Waals surface area contributed by atoms with E-state index in [1.165, 1.54) is 22.9 Å². The highest BCUT2D eigenvalue weighted by Crippen LogP contribution is 2.29. The number of rotatable bonds is 6. The average molecular weight is 350 g/mol. The summed E-state index contributed by atoms with van der Waals surface area (Å²) >= 11 is 6.95. The highest BCUT2D eigenvalue weighted by atomic mass is 35.5. The van der Waals surface area contributed by atoms with Crippen LogP contribution in [0.1, 0.15) is 0 Å². The summed E-state index contributed by atoms with van der Waals surface area (Å²) in [6.07, 6.45) is 0. The molecule has 1 N–H and O–H groups in total. The van der Waals surface area contributed by atoms with Gasteiger partial charge in [-0.15, -0.1) is 5.10 Å². The van der Waals surface area contributed by atoms with Gasteiger partial charge in [-0.3, -0.25) is 4.79 Å². The summed E-state index contributed by atoms with van der Waals surface area (Å²) in [7, 11) is 1.65. The zero-order valence-corrected chi connectivity index (χ0v) is 12.7. The smallest absolute Gasteiger partial charge is 0.387 e. The maximum atomic E-state index is 12.1. The molecule has 0 saturated carbocycles. The number of tetrazole rings is 1. The number of carbonyl (C=O) groups excluding carboxylic acids is 1. The van der Waals surface area contributed by atoms with Crippen molar-refractivity contribution in [3.8, 4) is 5.75 Å². The second-order valence-electron chi connectivity index (χ2n) is 3.95. The number of nitrogens with zero attached hydrogens (tertiary/aromatic N) is 4. The molecule has 0 spiro atoms. The van der Waals surface area contributed by atoms with Gasteiger partial charge in [0.05, 0.1) is 10.8 Å². The molecule has 0 aliphatic rings. The Morgan fingerprint density at radius 2 is 2.32 bits per heavy atom. The minimum Gasteiger partial charge on any atom is -0.433 e. The molecule has 0 bridgehead atoms. The van der Waals surface area contributed by atoms with Crippen molar-refractivity contribution in [3.05, 3.63) is 23.2 Å². The summed E-state index contributed by atoms with van der Waals surface area (Å²) in [6, 6.07) is 3.99. The van der Waals surface area contributed by atoms with Gasteiger partial charge >= 0.3 is 6.61 Å². The molecular formula is C11H10ClF2N5O2S. The largest absolute Gasteiger partial charge is 0.433 e. The van der Waals surface area contributed by atoms with E-state index in [-0.39, 0.29) is 22.4 Å². The third-order valence-corrected chi connectivity index (χ3v) is 3.65. The van der Waals surface area contributed by atoms with Crippen LogP contribution in [0.5, 0.6) is 5.75 Å². The highest BCUT2D eigenvalue weighted by Gasteiger charge is 2.11. The first-order valence-electron chi connectivity index (χ1n) is 5.85. The maximum absolute atomic E-state index is 12.1. The summed E-state index contributed by atoms with van der Waals surface area (Å²) in [4.78, 5) is 11.8. The lowest BCUT2D eigenvalue weighted by Crippen LogP contribution is -2.14. The topological polar surface area (TPSA) is 81.9 Å². The van der Waals surface area contributed by atoms with Crippen molar-refractivity contribution < 1.29 is 18.3 Å². The molecule has 2 rings (SSSR count). The molecule has 0 fully saturated rings. The number of anilines is 1. The molecule has 0 aliphatic carbocycles. The molecule has 0 saturated heterocycles. The van der Waals surface area contributed by atoms with Crippen molar-refractivity contribution in [2.24, 2.45) is 7.05 Å². The molecule has 1 heterocycles. The third-order valence-electron chi connectivity index (χ3n) is 2.35. The fraction of sp³-hybridized carbons (Fsp3) is 0.273. The Hall–Kier alpha value is -1.94. The van der Waals surface area contributed by atoms with Crippen LogP contribution in [0.15, 0.2) is 23.4 Å². The monoisotopic (exact) mass is 349 g/mol. The predicted molar refractivity (Wildman–Crippen MR) is 76.2 cm³/mol. The van der Waals surface area contributed by atoms with Crippen molar-refractivity contribution in [2.45, 2.75) is 11.8 Å². The van der Waals surface area contributed by atoms with Gasteiger partial charge < -0.3 is 10.1 Å². The van der Waals surface area contributed by atoms with Crippen LogP contribution in [-0.4, -0.2) is 38.5 Å². The lowest BCUT2D eigenvalue weighted by atomic mass is 10.3. The van der Waals surface area contributed by atoms with Crippen molar-refractivity contribution in [3.63, 3.8) is 0 Å². The number of aryl methyl sites for hydroxylation is 1. The van der Waals surface area contributed by atoms with Crippen LogP contribution < -0.4 is 10.1 Å². The number of aromatic nitrogens is 4. The quantitative estimate of drug-likeness (QED) is 0.805. The molecule has 0 radical (unpaired) electrons. The lowest BCUT2D eigenvalue weighted by molar-refractivity contribution is -0.113. The molecule has 0 aliphatic heterocycles. The molecule has 0 atom stereocenters. The number of carbonyl (C=O) groups is 1. The van der Waals surface area contributed by atoms with E-state index in [0.717, 1.165) is 11.8 Å². The van der Waals surface area contributed by atoms with Crippen molar-refractivity contribution in [1.29, 1.82) is 0 Å². The number of thioether (sulfide) groups is 1. The molecule has 118 valence electrons. The van der Waals surface area contributed by atoms with Gasteiger partial charge in [0.1, 0.15) is 5.75 Å². The van der Waals surface area contributed by atoms with Crippen molar-refractivity contribution >= 4 is 35.0 Å². The molecule has 22 heavy (non-hydrogen) atoms. The number of amides is 1. The molecule has 7 nitrogen and oxygen atoms in total. The van der Waals surface area contributed by atoms with E-state index in [1.54, 1.807) is 7.05 Å². The number of hydrogen-bond donors (Lipinski definition) is 1. The Morgan fingerprint density at radius 3 is 2.91 bits per heavy atom. The van der Waals surface area contributed by atoms with Gasteiger partial charge in [-0.05, 0) is 28.6 Å². The van der Waals surface area contributed by atoms with E-state index in [9.17, 15) is 13.6 Å². The van der Waals surface area contributed by atoms with Gasteiger partial charge in [0, 0.05) is 12.7 Å². The average Bonchev–Trinajstić information content (AvgIpc) is 2.85. The van der Waals surface area contributed by atoms with Crippen LogP contribution in [0.25, 0.3) is 0 Å². The minimum absolute atomic E-state index is 0.0248. The van der Waals surface area contributed by atoms with E-state index in [2.05, 4.69) is 25.6 Å². The molecule has 0 unspecified atom stereocenters. The van der Waals surface area contributed by atoms with Gasteiger partial charge in [0.15, 0.2) is 0 Å². The summed E-state index contributed by atoms with van der Waals surface area (Å²) in [5, 5.41) is 13.9. The Morgan fingerprint density at radius 1 is 1.55 bits per heavy atom. The molecule has 1 amide bonds. The van der Waals surface area contributed by atoms with Crippen LogP contribution in [-0.2, 0) is 11.8 Å². The first-order chi connectivity index (χ1) is 10.5. The number of halogens is 3. The van der Waals surface area contributed by atoms with E-state index < -0.39 is 6.61 Å². The van der Waals surface area contributed by atoms with Gasteiger partial charge in [0.2, 0.25) is 11.1 Å². The summed E-state index contributed by atoms with van der Waals surface area (Å²) in [5.41, 5.74) is 0.369. The molecule has 1 aromatic heterocycles. The fourth-order valence-electron chi connectivity index (χ4n) is 1.44. The van der Waals surface area contributed by atoms with Crippen molar-refractivity contribution in [1.82, 2.24) is 20.2 Å². The Labute approximate surface area is 133 Å². The standard InChI is InChI=1S/C11H10ClF2N5O2S/c1-19-11(16-17-18-19)22-5-9(20)15-6-2-3-8(7(12)4-6)21-10(13)14/h2-4,10H,5H2,1H3,(H,15,20). The molecule has 11 heteroatoms.